The zero-order valence-electron chi connectivity index (χ0n) is 12.3. The minimum atomic E-state index is -0.545. The summed E-state index contributed by atoms with van der Waals surface area (Å²) in [5.41, 5.74) is 2.61. The Hall–Kier alpha value is -2.18. The predicted octanol–water partition coefficient (Wildman–Crippen LogP) is 4.55. The normalized spacial score (nSPS) is 10.5. The van der Waals surface area contributed by atoms with Crippen LogP contribution < -0.4 is 10.1 Å². The Morgan fingerprint density at radius 1 is 1.22 bits per heavy atom. The molecule has 0 bridgehead atoms. The van der Waals surface area contributed by atoms with Gasteiger partial charge in [-0.2, -0.15) is 11.3 Å². The average Bonchev–Trinajstić information content (AvgIpc) is 3.23. The minimum absolute atomic E-state index is 0.125. The van der Waals surface area contributed by atoms with Gasteiger partial charge in [0.25, 0.3) is 5.91 Å². The summed E-state index contributed by atoms with van der Waals surface area (Å²) in [4.78, 5) is 13.1. The van der Waals surface area contributed by atoms with Crippen molar-refractivity contribution in [2.24, 2.45) is 0 Å². The standard InChI is InChI=1S/C17H14FNO2S2/c1-21-16-3-2-11(7-15(16)18)17(20)19-8-14-6-13(10-23-14)12-4-5-22-9-12/h2-7,9-10H,8H2,1H3,(H,19,20). The third-order valence-electron chi connectivity index (χ3n) is 3.35. The van der Waals surface area contributed by atoms with E-state index in [0.29, 0.717) is 6.54 Å². The molecule has 118 valence electrons. The van der Waals surface area contributed by atoms with E-state index in [-0.39, 0.29) is 17.2 Å². The lowest BCUT2D eigenvalue weighted by molar-refractivity contribution is 0.0951. The number of rotatable bonds is 5. The summed E-state index contributed by atoms with van der Waals surface area (Å²) in [6, 6.07) is 8.29. The van der Waals surface area contributed by atoms with E-state index in [1.807, 2.05) is 5.38 Å². The zero-order valence-corrected chi connectivity index (χ0v) is 14.0. The molecule has 6 heteroatoms. The summed E-state index contributed by atoms with van der Waals surface area (Å²) in [6.45, 7) is 0.418. The molecule has 0 atom stereocenters. The van der Waals surface area contributed by atoms with Gasteiger partial charge in [-0.1, -0.05) is 0 Å². The van der Waals surface area contributed by atoms with Crippen molar-refractivity contribution in [1.82, 2.24) is 5.32 Å². The molecule has 3 rings (SSSR count). The summed E-state index contributed by atoms with van der Waals surface area (Å²) in [5, 5.41) is 8.99. The van der Waals surface area contributed by atoms with E-state index >= 15 is 0 Å². The molecular weight excluding hydrogens is 333 g/mol. The molecule has 3 nitrogen and oxygen atoms in total. The quantitative estimate of drug-likeness (QED) is 0.735. The number of hydrogen-bond acceptors (Lipinski definition) is 4. The second-order valence-corrected chi connectivity index (χ2v) is 6.62. The Labute approximate surface area is 141 Å². The topological polar surface area (TPSA) is 38.3 Å². The number of benzene rings is 1. The number of methoxy groups -OCH3 is 1. The fourth-order valence-electron chi connectivity index (χ4n) is 2.13. The van der Waals surface area contributed by atoms with Gasteiger partial charge in [0.1, 0.15) is 0 Å². The molecule has 2 heterocycles. The monoisotopic (exact) mass is 347 g/mol. The van der Waals surface area contributed by atoms with Crippen molar-refractivity contribution in [3.8, 4) is 16.9 Å². The fraction of sp³-hybridized carbons (Fsp3) is 0.118. The predicted molar refractivity (Wildman–Crippen MR) is 91.8 cm³/mol. The van der Waals surface area contributed by atoms with E-state index < -0.39 is 5.82 Å². The molecule has 0 spiro atoms. The second-order valence-electron chi connectivity index (χ2n) is 4.85. The summed E-state index contributed by atoms with van der Waals surface area (Å²) in [5.74, 6) is -0.728. The number of carbonyl (C=O) groups excluding carboxylic acids is 1. The Morgan fingerprint density at radius 2 is 2.09 bits per heavy atom. The molecule has 1 amide bonds. The number of carbonyl (C=O) groups is 1. The Balaban J connectivity index is 1.64. The van der Waals surface area contributed by atoms with E-state index in [4.69, 9.17) is 4.74 Å². The molecule has 0 saturated carbocycles. The zero-order chi connectivity index (χ0) is 16.2. The van der Waals surface area contributed by atoms with Crippen molar-refractivity contribution in [2.45, 2.75) is 6.54 Å². The number of halogens is 1. The van der Waals surface area contributed by atoms with Crippen LogP contribution in [0.5, 0.6) is 5.75 Å². The van der Waals surface area contributed by atoms with Gasteiger partial charge < -0.3 is 10.1 Å². The van der Waals surface area contributed by atoms with Crippen molar-refractivity contribution in [3.05, 3.63) is 62.7 Å². The SMILES string of the molecule is COc1ccc(C(=O)NCc2cc(-c3ccsc3)cs2)cc1F. The highest BCUT2D eigenvalue weighted by Crippen LogP contribution is 2.27. The average molecular weight is 347 g/mol. The fourth-order valence-corrected chi connectivity index (χ4v) is 3.63. The molecule has 0 saturated heterocycles. The molecule has 0 unspecified atom stereocenters. The molecule has 3 aromatic rings. The second kappa shape index (κ2) is 6.93. The minimum Gasteiger partial charge on any atom is -0.494 e. The molecule has 23 heavy (non-hydrogen) atoms. The smallest absolute Gasteiger partial charge is 0.251 e. The van der Waals surface area contributed by atoms with Crippen LogP contribution in [0.15, 0.2) is 46.5 Å². The molecule has 1 N–H and O–H groups in total. The van der Waals surface area contributed by atoms with Gasteiger partial charge in [0.2, 0.25) is 0 Å². The van der Waals surface area contributed by atoms with Crippen molar-refractivity contribution in [1.29, 1.82) is 0 Å². The van der Waals surface area contributed by atoms with Gasteiger partial charge in [-0.3, -0.25) is 4.79 Å². The first-order valence-corrected chi connectivity index (χ1v) is 8.71. The van der Waals surface area contributed by atoms with E-state index in [9.17, 15) is 9.18 Å². The number of thiophene rings is 2. The highest BCUT2D eigenvalue weighted by molar-refractivity contribution is 7.10. The first-order chi connectivity index (χ1) is 11.2. The van der Waals surface area contributed by atoms with Crippen LogP contribution in [0.3, 0.4) is 0 Å². The van der Waals surface area contributed by atoms with Gasteiger partial charge in [-0.25, -0.2) is 4.39 Å². The Morgan fingerprint density at radius 3 is 2.78 bits per heavy atom. The largest absolute Gasteiger partial charge is 0.494 e. The van der Waals surface area contributed by atoms with Crippen LogP contribution in [0.1, 0.15) is 15.2 Å². The molecule has 0 aliphatic heterocycles. The van der Waals surface area contributed by atoms with Gasteiger partial charge >= 0.3 is 0 Å². The molecule has 0 radical (unpaired) electrons. The lowest BCUT2D eigenvalue weighted by Gasteiger charge is -2.06. The van der Waals surface area contributed by atoms with E-state index in [2.05, 4.69) is 28.2 Å². The van der Waals surface area contributed by atoms with Crippen molar-refractivity contribution < 1.29 is 13.9 Å². The van der Waals surface area contributed by atoms with Crippen molar-refractivity contribution >= 4 is 28.6 Å². The van der Waals surface area contributed by atoms with Crippen LogP contribution in [0.4, 0.5) is 4.39 Å². The van der Waals surface area contributed by atoms with Crippen LogP contribution in [0, 0.1) is 5.82 Å². The maximum absolute atomic E-state index is 13.6. The van der Waals surface area contributed by atoms with Gasteiger partial charge in [0, 0.05) is 10.4 Å². The van der Waals surface area contributed by atoms with Crippen LogP contribution in [-0.4, -0.2) is 13.0 Å². The Bertz CT molecular complexity index is 812. The lowest BCUT2D eigenvalue weighted by atomic mass is 10.2. The molecular formula is C17H14FNO2S2. The van der Waals surface area contributed by atoms with E-state index in [0.717, 1.165) is 10.4 Å². The summed E-state index contributed by atoms with van der Waals surface area (Å²) in [7, 11) is 1.39. The third-order valence-corrected chi connectivity index (χ3v) is 4.97. The molecule has 2 aromatic heterocycles. The van der Waals surface area contributed by atoms with Crippen LogP contribution in [0.2, 0.25) is 0 Å². The highest BCUT2D eigenvalue weighted by atomic mass is 32.1. The van der Waals surface area contributed by atoms with E-state index in [1.165, 1.54) is 24.8 Å². The number of ether oxygens (including phenoxy) is 1. The lowest BCUT2D eigenvalue weighted by Crippen LogP contribution is -2.22. The third kappa shape index (κ3) is 3.60. The summed E-state index contributed by atoms with van der Waals surface area (Å²) >= 11 is 3.24. The highest BCUT2D eigenvalue weighted by Gasteiger charge is 2.10. The summed E-state index contributed by atoms with van der Waals surface area (Å²) < 4.78 is 18.5. The van der Waals surface area contributed by atoms with Crippen LogP contribution >= 0.6 is 22.7 Å². The Kier molecular flexibility index (Phi) is 4.73. The summed E-state index contributed by atoms with van der Waals surface area (Å²) in [6.07, 6.45) is 0. The molecule has 0 aliphatic rings. The van der Waals surface area contributed by atoms with Crippen LogP contribution in [-0.2, 0) is 6.54 Å². The first kappa shape index (κ1) is 15.7. The molecule has 0 aliphatic carbocycles. The van der Waals surface area contributed by atoms with Crippen molar-refractivity contribution in [3.63, 3.8) is 0 Å². The number of nitrogens with one attached hydrogen (secondary N) is 1. The number of hydrogen-bond donors (Lipinski definition) is 1. The first-order valence-electron chi connectivity index (χ1n) is 6.89. The van der Waals surface area contributed by atoms with Gasteiger partial charge in [-0.15, -0.1) is 11.3 Å². The van der Waals surface area contributed by atoms with E-state index in [1.54, 1.807) is 28.7 Å². The van der Waals surface area contributed by atoms with Crippen LogP contribution in [0.25, 0.3) is 11.1 Å². The van der Waals surface area contributed by atoms with Gasteiger partial charge in [0.15, 0.2) is 11.6 Å². The van der Waals surface area contributed by atoms with Crippen molar-refractivity contribution in [2.75, 3.05) is 7.11 Å². The number of amides is 1. The van der Waals surface area contributed by atoms with Gasteiger partial charge in [0.05, 0.1) is 13.7 Å². The maximum Gasteiger partial charge on any atom is 0.251 e. The maximum atomic E-state index is 13.6. The molecule has 1 aromatic carbocycles. The molecule has 0 fully saturated rings. The van der Waals surface area contributed by atoms with Gasteiger partial charge in [-0.05, 0) is 57.6 Å².